The zero-order valence-electron chi connectivity index (χ0n) is 6.57. The van der Waals surface area contributed by atoms with Gasteiger partial charge in [-0.1, -0.05) is 12.1 Å². The Morgan fingerprint density at radius 2 is 2.17 bits per heavy atom. The van der Waals surface area contributed by atoms with Gasteiger partial charge in [0, 0.05) is 0 Å². The molecule has 0 aliphatic carbocycles. The Balaban J connectivity index is 3.16. The van der Waals surface area contributed by atoms with E-state index < -0.39 is 5.97 Å². The molecule has 0 bridgehead atoms. The second-order valence-electron chi connectivity index (χ2n) is 2.15. The van der Waals surface area contributed by atoms with E-state index in [4.69, 9.17) is 5.26 Å². The summed E-state index contributed by atoms with van der Waals surface area (Å²) in [5, 5.41) is 8.61. The molecule has 0 aromatic heterocycles. The van der Waals surface area contributed by atoms with Gasteiger partial charge >= 0.3 is 5.97 Å². The maximum atomic E-state index is 11.0. The SMILES string of the molecule is COC(=O)c1ccccc1C#N. The number of carbonyl (C=O) groups excluding carboxylic acids is 1. The van der Waals surface area contributed by atoms with Crippen LogP contribution in [0.15, 0.2) is 24.3 Å². The molecule has 0 unspecified atom stereocenters. The molecule has 0 aliphatic heterocycles. The maximum absolute atomic E-state index is 11.0. The fraction of sp³-hybridized carbons (Fsp3) is 0.111. The minimum Gasteiger partial charge on any atom is -0.465 e. The number of carbonyl (C=O) groups is 1. The Morgan fingerprint density at radius 1 is 1.50 bits per heavy atom. The third kappa shape index (κ3) is 1.43. The maximum Gasteiger partial charge on any atom is 0.339 e. The zero-order chi connectivity index (χ0) is 8.97. The van der Waals surface area contributed by atoms with E-state index in [1.807, 2.05) is 6.07 Å². The summed E-state index contributed by atoms with van der Waals surface area (Å²) in [6.07, 6.45) is 0. The second kappa shape index (κ2) is 3.54. The first-order chi connectivity index (χ1) is 5.79. The van der Waals surface area contributed by atoms with Gasteiger partial charge in [-0.2, -0.15) is 5.26 Å². The predicted octanol–water partition coefficient (Wildman–Crippen LogP) is 1.34. The van der Waals surface area contributed by atoms with Crippen LogP contribution in [0.5, 0.6) is 0 Å². The summed E-state index contributed by atoms with van der Waals surface area (Å²) < 4.78 is 4.49. The molecule has 0 radical (unpaired) electrons. The van der Waals surface area contributed by atoms with Gasteiger partial charge in [-0.05, 0) is 12.1 Å². The molecule has 3 nitrogen and oxygen atoms in total. The average Bonchev–Trinajstić information content (AvgIpc) is 2.16. The minimum atomic E-state index is -0.479. The van der Waals surface area contributed by atoms with E-state index in [1.54, 1.807) is 24.3 Å². The van der Waals surface area contributed by atoms with Crippen LogP contribution >= 0.6 is 0 Å². The van der Waals surface area contributed by atoms with Crippen LogP contribution in [0.25, 0.3) is 0 Å². The smallest absolute Gasteiger partial charge is 0.339 e. The van der Waals surface area contributed by atoms with Crippen molar-refractivity contribution in [3.8, 4) is 6.07 Å². The van der Waals surface area contributed by atoms with Crippen LogP contribution in [0, 0.1) is 11.3 Å². The van der Waals surface area contributed by atoms with Crippen LogP contribution in [-0.4, -0.2) is 13.1 Å². The van der Waals surface area contributed by atoms with Gasteiger partial charge in [-0.25, -0.2) is 4.79 Å². The summed E-state index contributed by atoms with van der Waals surface area (Å²) in [6.45, 7) is 0. The van der Waals surface area contributed by atoms with E-state index in [2.05, 4.69) is 4.74 Å². The molecule has 60 valence electrons. The topological polar surface area (TPSA) is 50.1 Å². The van der Waals surface area contributed by atoms with Gasteiger partial charge in [0.1, 0.15) is 6.07 Å². The largest absolute Gasteiger partial charge is 0.465 e. The number of nitrogens with zero attached hydrogens (tertiary/aromatic N) is 1. The Morgan fingerprint density at radius 3 is 2.75 bits per heavy atom. The van der Waals surface area contributed by atoms with Gasteiger partial charge in [0.05, 0.1) is 18.2 Å². The van der Waals surface area contributed by atoms with Crippen molar-refractivity contribution >= 4 is 5.97 Å². The highest BCUT2D eigenvalue weighted by Crippen LogP contribution is 2.07. The minimum absolute atomic E-state index is 0.308. The fourth-order valence-electron chi connectivity index (χ4n) is 0.869. The summed E-state index contributed by atoms with van der Waals surface area (Å²) in [5.41, 5.74) is 0.645. The molecular weight excluding hydrogens is 154 g/mol. The molecule has 0 spiro atoms. The monoisotopic (exact) mass is 161 g/mol. The van der Waals surface area contributed by atoms with Gasteiger partial charge in [0.2, 0.25) is 0 Å². The number of ether oxygens (including phenoxy) is 1. The predicted molar refractivity (Wildman–Crippen MR) is 42.5 cm³/mol. The summed E-state index contributed by atoms with van der Waals surface area (Å²) in [6, 6.07) is 8.43. The molecule has 1 aromatic rings. The van der Waals surface area contributed by atoms with Crippen molar-refractivity contribution in [2.75, 3.05) is 7.11 Å². The highest BCUT2D eigenvalue weighted by Gasteiger charge is 2.09. The Labute approximate surface area is 70.2 Å². The van der Waals surface area contributed by atoms with Crippen molar-refractivity contribution in [2.24, 2.45) is 0 Å². The summed E-state index contributed by atoms with van der Waals surface area (Å²) in [4.78, 5) is 11.0. The van der Waals surface area contributed by atoms with Crippen LogP contribution in [0.2, 0.25) is 0 Å². The lowest BCUT2D eigenvalue weighted by atomic mass is 10.1. The number of methoxy groups -OCH3 is 1. The Hall–Kier alpha value is -1.82. The molecule has 0 atom stereocenters. The molecule has 1 rings (SSSR count). The molecule has 12 heavy (non-hydrogen) atoms. The van der Waals surface area contributed by atoms with Crippen molar-refractivity contribution < 1.29 is 9.53 Å². The number of nitriles is 1. The molecule has 3 heteroatoms. The normalized spacial score (nSPS) is 8.67. The number of esters is 1. The summed E-state index contributed by atoms with van der Waals surface area (Å²) >= 11 is 0. The third-order valence-corrected chi connectivity index (χ3v) is 1.45. The van der Waals surface area contributed by atoms with Gasteiger partial charge in [-0.15, -0.1) is 0 Å². The van der Waals surface area contributed by atoms with Crippen molar-refractivity contribution in [3.05, 3.63) is 35.4 Å². The van der Waals surface area contributed by atoms with E-state index in [1.165, 1.54) is 7.11 Å². The van der Waals surface area contributed by atoms with E-state index in [9.17, 15) is 4.79 Å². The lowest BCUT2D eigenvalue weighted by molar-refractivity contribution is 0.0600. The third-order valence-electron chi connectivity index (χ3n) is 1.45. The Bertz CT molecular complexity index is 339. The lowest BCUT2D eigenvalue weighted by Gasteiger charge is -1.99. The van der Waals surface area contributed by atoms with Crippen molar-refractivity contribution in [1.29, 1.82) is 5.26 Å². The van der Waals surface area contributed by atoms with Crippen LogP contribution in [0.4, 0.5) is 0 Å². The zero-order valence-corrected chi connectivity index (χ0v) is 6.57. The molecule has 0 N–H and O–H groups in total. The number of benzene rings is 1. The average molecular weight is 161 g/mol. The summed E-state index contributed by atoms with van der Waals surface area (Å²) in [7, 11) is 1.29. The standard InChI is InChI=1S/C9H7NO2/c1-12-9(11)8-5-3-2-4-7(8)6-10/h2-5H,1H3. The molecule has 1 aromatic carbocycles. The van der Waals surface area contributed by atoms with Gasteiger partial charge in [-0.3, -0.25) is 0 Å². The first kappa shape index (κ1) is 8.28. The van der Waals surface area contributed by atoms with E-state index in [-0.39, 0.29) is 0 Å². The van der Waals surface area contributed by atoms with Crippen molar-refractivity contribution in [3.63, 3.8) is 0 Å². The summed E-state index contributed by atoms with van der Waals surface area (Å²) in [5.74, 6) is -0.479. The van der Waals surface area contributed by atoms with Crippen molar-refractivity contribution in [1.82, 2.24) is 0 Å². The molecule has 0 saturated heterocycles. The fourth-order valence-corrected chi connectivity index (χ4v) is 0.869. The molecule has 0 heterocycles. The quantitative estimate of drug-likeness (QED) is 0.584. The number of hydrogen-bond donors (Lipinski definition) is 0. The van der Waals surface area contributed by atoms with Gasteiger partial charge in [0.25, 0.3) is 0 Å². The molecule has 0 fully saturated rings. The van der Waals surface area contributed by atoms with Crippen molar-refractivity contribution in [2.45, 2.75) is 0 Å². The Kier molecular flexibility index (Phi) is 2.44. The number of hydrogen-bond acceptors (Lipinski definition) is 3. The van der Waals surface area contributed by atoms with Gasteiger partial charge < -0.3 is 4.74 Å². The van der Waals surface area contributed by atoms with Crippen LogP contribution in [0.1, 0.15) is 15.9 Å². The van der Waals surface area contributed by atoms with E-state index in [0.29, 0.717) is 11.1 Å². The lowest BCUT2D eigenvalue weighted by Crippen LogP contribution is -2.03. The highest BCUT2D eigenvalue weighted by molar-refractivity contribution is 5.91. The van der Waals surface area contributed by atoms with E-state index in [0.717, 1.165) is 0 Å². The van der Waals surface area contributed by atoms with Crippen LogP contribution in [0.3, 0.4) is 0 Å². The first-order valence-corrected chi connectivity index (χ1v) is 3.37. The van der Waals surface area contributed by atoms with Crippen LogP contribution < -0.4 is 0 Å². The molecule has 0 amide bonds. The van der Waals surface area contributed by atoms with E-state index >= 15 is 0 Å². The second-order valence-corrected chi connectivity index (χ2v) is 2.15. The highest BCUT2D eigenvalue weighted by atomic mass is 16.5. The molecule has 0 aliphatic rings. The van der Waals surface area contributed by atoms with Gasteiger partial charge in [0.15, 0.2) is 0 Å². The molecular formula is C9H7NO2. The molecule has 0 saturated carbocycles. The first-order valence-electron chi connectivity index (χ1n) is 3.37. The number of rotatable bonds is 1. The van der Waals surface area contributed by atoms with Crippen LogP contribution in [-0.2, 0) is 4.74 Å².